The van der Waals surface area contributed by atoms with Crippen molar-refractivity contribution in [1.82, 2.24) is 9.29 Å². The van der Waals surface area contributed by atoms with Gasteiger partial charge in [-0.1, -0.05) is 11.6 Å². The summed E-state index contributed by atoms with van der Waals surface area (Å²) in [6, 6.07) is 3.64. The SMILES string of the molecule is CCOCCN1C(C(=O)Nc2ccc(F)c(Cl)c2)=CC(c2nccs2)=NS1(=O)=O. The monoisotopic (exact) mass is 458 g/mol. The van der Waals surface area contributed by atoms with Gasteiger partial charge in [-0.2, -0.15) is 8.42 Å². The third-order valence-electron chi connectivity index (χ3n) is 3.74. The second-order valence-corrected chi connectivity index (χ2v) is 8.49. The Labute approximate surface area is 175 Å². The Kier molecular flexibility index (Phi) is 6.63. The first-order valence-corrected chi connectivity index (χ1v) is 11.1. The zero-order valence-corrected chi connectivity index (χ0v) is 17.5. The summed E-state index contributed by atoms with van der Waals surface area (Å²) < 4.78 is 48.6. The summed E-state index contributed by atoms with van der Waals surface area (Å²) in [6.45, 7) is 2.13. The molecule has 1 aromatic carbocycles. The number of halogens is 2. The highest BCUT2D eigenvalue weighted by Crippen LogP contribution is 2.24. The number of carbonyl (C=O) groups excluding carboxylic acids is 1. The molecule has 1 aromatic heterocycles. The number of rotatable bonds is 7. The molecule has 0 spiro atoms. The topological polar surface area (TPSA) is 101 Å². The lowest BCUT2D eigenvalue weighted by Crippen LogP contribution is -2.40. The van der Waals surface area contributed by atoms with Gasteiger partial charge in [-0.15, -0.1) is 15.7 Å². The number of benzene rings is 1. The predicted octanol–water partition coefficient (Wildman–Crippen LogP) is 2.84. The molecule has 0 bridgehead atoms. The fraction of sp³-hybridized carbons (Fsp3) is 0.235. The van der Waals surface area contributed by atoms with E-state index in [4.69, 9.17) is 16.3 Å². The number of hydrogen-bond donors (Lipinski definition) is 1. The molecule has 0 atom stereocenters. The van der Waals surface area contributed by atoms with Crippen LogP contribution in [-0.2, 0) is 19.7 Å². The van der Waals surface area contributed by atoms with E-state index in [1.807, 2.05) is 0 Å². The van der Waals surface area contributed by atoms with Crippen molar-refractivity contribution in [2.24, 2.45) is 4.40 Å². The standard InChI is InChI=1S/C17H16ClFN4O4S2/c1-2-27-7-6-23-15(16(24)21-11-3-4-13(19)12(18)9-11)10-14(22-29(23,25)26)17-20-5-8-28-17/h3-5,8-10H,2,6-7H2,1H3,(H,21,24). The second-order valence-electron chi connectivity index (χ2n) is 5.67. The summed E-state index contributed by atoms with van der Waals surface area (Å²) in [5, 5.41) is 4.37. The maximum Gasteiger partial charge on any atom is 0.345 e. The lowest BCUT2D eigenvalue weighted by molar-refractivity contribution is -0.113. The summed E-state index contributed by atoms with van der Waals surface area (Å²) in [5.41, 5.74) is 0.100. The minimum atomic E-state index is -4.19. The Bertz CT molecular complexity index is 1070. The fourth-order valence-corrected chi connectivity index (χ4v) is 4.46. The van der Waals surface area contributed by atoms with Crippen molar-refractivity contribution in [2.75, 3.05) is 25.1 Å². The average molecular weight is 459 g/mol. The van der Waals surface area contributed by atoms with E-state index in [0.717, 1.165) is 10.4 Å². The second kappa shape index (κ2) is 8.99. The molecule has 8 nitrogen and oxygen atoms in total. The number of carbonyl (C=O) groups is 1. The number of nitrogens with zero attached hydrogens (tertiary/aromatic N) is 3. The van der Waals surface area contributed by atoms with E-state index in [-0.39, 0.29) is 35.3 Å². The van der Waals surface area contributed by atoms with Gasteiger partial charge >= 0.3 is 10.2 Å². The van der Waals surface area contributed by atoms with Crippen LogP contribution in [0.25, 0.3) is 0 Å². The van der Waals surface area contributed by atoms with Crippen LogP contribution in [0.2, 0.25) is 5.02 Å². The molecule has 0 fully saturated rings. The van der Waals surface area contributed by atoms with Crippen LogP contribution in [-0.4, -0.2) is 49.1 Å². The Balaban J connectivity index is 1.95. The third-order valence-corrected chi connectivity index (χ3v) is 6.19. The molecular formula is C17H16ClFN4O4S2. The summed E-state index contributed by atoms with van der Waals surface area (Å²) in [7, 11) is -4.19. The number of anilines is 1. The summed E-state index contributed by atoms with van der Waals surface area (Å²) in [4.78, 5) is 16.9. The van der Waals surface area contributed by atoms with Crippen LogP contribution >= 0.6 is 22.9 Å². The molecule has 0 saturated heterocycles. The van der Waals surface area contributed by atoms with Gasteiger partial charge < -0.3 is 10.1 Å². The molecule has 29 heavy (non-hydrogen) atoms. The highest BCUT2D eigenvalue weighted by molar-refractivity contribution is 7.88. The summed E-state index contributed by atoms with van der Waals surface area (Å²) >= 11 is 6.93. The number of allylic oxidation sites excluding steroid dienone is 1. The van der Waals surface area contributed by atoms with Crippen LogP contribution in [0.3, 0.4) is 0 Å². The highest BCUT2D eigenvalue weighted by Gasteiger charge is 2.33. The molecule has 1 N–H and O–H groups in total. The van der Waals surface area contributed by atoms with Gasteiger partial charge in [0.15, 0.2) is 0 Å². The van der Waals surface area contributed by atoms with E-state index in [2.05, 4.69) is 14.7 Å². The van der Waals surface area contributed by atoms with Gasteiger partial charge in [-0.25, -0.2) is 13.7 Å². The lowest BCUT2D eigenvalue weighted by atomic mass is 10.2. The predicted molar refractivity (Wildman–Crippen MR) is 109 cm³/mol. The fourth-order valence-electron chi connectivity index (χ4n) is 2.45. The third kappa shape index (κ3) is 4.99. The molecule has 0 unspecified atom stereocenters. The van der Waals surface area contributed by atoms with E-state index in [1.54, 1.807) is 12.3 Å². The van der Waals surface area contributed by atoms with Crippen molar-refractivity contribution in [3.8, 4) is 0 Å². The maximum absolute atomic E-state index is 13.4. The molecule has 0 radical (unpaired) electrons. The number of nitrogens with one attached hydrogen (secondary N) is 1. The van der Waals surface area contributed by atoms with Crippen LogP contribution in [0.15, 0.2) is 45.9 Å². The quantitative estimate of drug-likeness (QED) is 0.643. The lowest BCUT2D eigenvalue weighted by Gasteiger charge is -2.27. The van der Waals surface area contributed by atoms with E-state index < -0.39 is 21.9 Å². The summed E-state index contributed by atoms with van der Waals surface area (Å²) in [5.74, 6) is -1.36. The molecule has 1 aliphatic heterocycles. The molecule has 154 valence electrons. The van der Waals surface area contributed by atoms with Crippen molar-refractivity contribution in [3.63, 3.8) is 0 Å². The van der Waals surface area contributed by atoms with Crippen molar-refractivity contribution in [2.45, 2.75) is 6.92 Å². The molecule has 0 aliphatic carbocycles. The largest absolute Gasteiger partial charge is 0.380 e. The molecule has 3 rings (SSSR count). The van der Waals surface area contributed by atoms with Crippen LogP contribution < -0.4 is 5.32 Å². The van der Waals surface area contributed by atoms with Crippen LogP contribution in [0.5, 0.6) is 0 Å². The molecular weight excluding hydrogens is 443 g/mol. The zero-order valence-electron chi connectivity index (χ0n) is 15.1. The first-order valence-electron chi connectivity index (χ1n) is 8.40. The van der Waals surface area contributed by atoms with E-state index >= 15 is 0 Å². The van der Waals surface area contributed by atoms with Gasteiger partial charge in [0, 0.05) is 23.9 Å². The van der Waals surface area contributed by atoms with Gasteiger partial charge in [-0.05, 0) is 31.2 Å². The zero-order chi connectivity index (χ0) is 21.0. The molecule has 2 aromatic rings. The first-order chi connectivity index (χ1) is 13.8. The Morgan fingerprint density at radius 2 is 2.21 bits per heavy atom. The van der Waals surface area contributed by atoms with Crippen molar-refractivity contribution in [3.05, 3.63) is 57.4 Å². The average Bonchev–Trinajstić information content (AvgIpc) is 3.20. The molecule has 0 saturated carbocycles. The van der Waals surface area contributed by atoms with Crippen LogP contribution in [0.4, 0.5) is 10.1 Å². The number of ether oxygens (including phenoxy) is 1. The Morgan fingerprint density at radius 1 is 1.41 bits per heavy atom. The van der Waals surface area contributed by atoms with Crippen LogP contribution in [0.1, 0.15) is 11.9 Å². The van der Waals surface area contributed by atoms with Gasteiger partial charge in [0.1, 0.15) is 22.2 Å². The van der Waals surface area contributed by atoms with E-state index in [1.165, 1.54) is 35.7 Å². The number of thiazole rings is 1. The highest BCUT2D eigenvalue weighted by atomic mass is 35.5. The Hall–Kier alpha value is -2.34. The minimum Gasteiger partial charge on any atom is -0.380 e. The van der Waals surface area contributed by atoms with Gasteiger partial charge in [0.05, 0.1) is 18.2 Å². The van der Waals surface area contributed by atoms with Crippen molar-refractivity contribution < 1.29 is 22.3 Å². The van der Waals surface area contributed by atoms with E-state index in [0.29, 0.717) is 11.6 Å². The van der Waals surface area contributed by atoms with Crippen molar-refractivity contribution in [1.29, 1.82) is 0 Å². The summed E-state index contributed by atoms with van der Waals surface area (Å²) in [6.07, 6.45) is 2.84. The molecule has 2 heterocycles. The van der Waals surface area contributed by atoms with Gasteiger partial charge in [0.25, 0.3) is 5.91 Å². The molecule has 1 aliphatic rings. The number of hydrogen-bond acceptors (Lipinski definition) is 6. The normalized spacial score (nSPS) is 15.6. The van der Waals surface area contributed by atoms with E-state index in [9.17, 15) is 17.6 Å². The molecule has 1 amide bonds. The number of amides is 1. The Morgan fingerprint density at radius 3 is 2.86 bits per heavy atom. The number of aromatic nitrogens is 1. The smallest absolute Gasteiger partial charge is 0.345 e. The van der Waals surface area contributed by atoms with Gasteiger partial charge in [0.2, 0.25) is 0 Å². The molecule has 12 heteroatoms. The minimum absolute atomic E-state index is 0.0509. The van der Waals surface area contributed by atoms with Gasteiger partial charge in [-0.3, -0.25) is 4.79 Å². The van der Waals surface area contributed by atoms with Crippen LogP contribution in [0, 0.1) is 5.82 Å². The first kappa shape index (κ1) is 21.4. The van der Waals surface area contributed by atoms with Crippen molar-refractivity contribution >= 4 is 50.5 Å². The maximum atomic E-state index is 13.4.